The normalized spacial score (nSPS) is 12.2. The molecule has 4 nitrogen and oxygen atoms in total. The zero-order chi connectivity index (χ0) is 18.1. The molecule has 0 radical (unpaired) electrons. The first-order chi connectivity index (χ1) is 12.7. The summed E-state index contributed by atoms with van der Waals surface area (Å²) in [6.45, 7) is 1.98. The van der Waals surface area contributed by atoms with E-state index in [9.17, 15) is 9.18 Å². The summed E-state index contributed by atoms with van der Waals surface area (Å²) in [7, 11) is 0. The Labute approximate surface area is 151 Å². The fraction of sp³-hybridized carbons (Fsp3) is 0.190. The Kier molecular flexibility index (Phi) is 4.21. The molecule has 1 aromatic heterocycles. The summed E-state index contributed by atoms with van der Waals surface area (Å²) >= 11 is 0. The van der Waals surface area contributed by atoms with Crippen LogP contribution in [0.2, 0.25) is 0 Å². The molecule has 0 aliphatic heterocycles. The van der Waals surface area contributed by atoms with Gasteiger partial charge in [0.1, 0.15) is 5.82 Å². The van der Waals surface area contributed by atoms with Crippen LogP contribution in [0.1, 0.15) is 34.2 Å². The number of amides is 1. The highest BCUT2D eigenvalue weighted by Gasteiger charge is 2.22. The van der Waals surface area contributed by atoms with E-state index in [2.05, 4.69) is 10.3 Å². The van der Waals surface area contributed by atoms with Gasteiger partial charge in [0.05, 0.1) is 17.1 Å². The lowest BCUT2D eigenvalue weighted by molar-refractivity contribution is 0.102. The van der Waals surface area contributed by atoms with Crippen LogP contribution in [0.25, 0.3) is 11.3 Å². The number of hydrogen-bond acceptors (Lipinski definition) is 3. The maximum Gasteiger partial charge on any atom is 0.256 e. The van der Waals surface area contributed by atoms with Crippen LogP contribution in [0.3, 0.4) is 0 Å². The Bertz CT molecular complexity index is 986. The van der Waals surface area contributed by atoms with E-state index in [4.69, 9.17) is 4.98 Å². The largest absolute Gasteiger partial charge is 0.305 e. The van der Waals surface area contributed by atoms with Crippen LogP contribution in [0.15, 0.2) is 48.5 Å². The summed E-state index contributed by atoms with van der Waals surface area (Å²) in [6.07, 6.45) is 2.03. The molecule has 0 bridgehead atoms. The Morgan fingerprint density at radius 2 is 1.92 bits per heavy atom. The average molecular weight is 347 g/mol. The van der Waals surface area contributed by atoms with E-state index >= 15 is 0 Å². The van der Waals surface area contributed by atoms with Gasteiger partial charge in [-0.1, -0.05) is 25.1 Å². The van der Waals surface area contributed by atoms with E-state index in [1.807, 2.05) is 25.1 Å². The van der Waals surface area contributed by atoms with Crippen molar-refractivity contribution >= 4 is 11.7 Å². The van der Waals surface area contributed by atoms with Crippen LogP contribution in [0.5, 0.6) is 0 Å². The number of anilines is 1. The molecule has 1 heterocycles. The minimum atomic E-state index is -0.234. The van der Waals surface area contributed by atoms with E-state index < -0.39 is 0 Å². The second-order valence-corrected chi connectivity index (χ2v) is 6.29. The van der Waals surface area contributed by atoms with Gasteiger partial charge < -0.3 is 5.32 Å². The Morgan fingerprint density at radius 3 is 2.69 bits per heavy atom. The van der Waals surface area contributed by atoms with Crippen LogP contribution in [-0.4, -0.2) is 15.9 Å². The minimum absolute atomic E-state index is 0.201. The van der Waals surface area contributed by atoms with Gasteiger partial charge >= 0.3 is 0 Å². The van der Waals surface area contributed by atoms with Crippen LogP contribution >= 0.6 is 0 Å². The predicted molar refractivity (Wildman–Crippen MR) is 98.6 cm³/mol. The standard InChI is InChI=1S/C21H18FN3O/c1-2-17-20(25-21(26)13-6-4-3-5-7-13)24-18-11-8-14-12-15(22)9-10-16(14)19(18)23-17/h3-7,9-10,12H,2,8,11H2,1H3,(H,24,25,26). The van der Waals surface area contributed by atoms with Gasteiger partial charge in [-0.2, -0.15) is 0 Å². The molecule has 1 amide bonds. The highest BCUT2D eigenvalue weighted by molar-refractivity contribution is 6.04. The van der Waals surface area contributed by atoms with Crippen LogP contribution in [0.4, 0.5) is 10.2 Å². The average Bonchev–Trinajstić information content (AvgIpc) is 2.67. The monoisotopic (exact) mass is 347 g/mol. The molecule has 130 valence electrons. The highest BCUT2D eigenvalue weighted by Crippen LogP contribution is 2.33. The Balaban J connectivity index is 1.72. The summed E-state index contributed by atoms with van der Waals surface area (Å²) in [6, 6.07) is 13.8. The highest BCUT2D eigenvalue weighted by atomic mass is 19.1. The van der Waals surface area contributed by atoms with Crippen molar-refractivity contribution in [3.8, 4) is 11.3 Å². The third-order valence-electron chi connectivity index (χ3n) is 4.60. The van der Waals surface area contributed by atoms with Crippen LogP contribution in [-0.2, 0) is 19.3 Å². The van der Waals surface area contributed by atoms with Crippen molar-refractivity contribution in [1.29, 1.82) is 0 Å². The number of fused-ring (bicyclic) bond motifs is 3. The van der Waals surface area contributed by atoms with Crippen LogP contribution in [0, 0.1) is 5.82 Å². The molecule has 1 aliphatic carbocycles. The number of aryl methyl sites for hydroxylation is 3. The van der Waals surface area contributed by atoms with E-state index in [0.29, 0.717) is 30.6 Å². The van der Waals surface area contributed by atoms with Gasteiger partial charge in [0.15, 0.2) is 5.82 Å². The maximum absolute atomic E-state index is 13.5. The first-order valence-corrected chi connectivity index (χ1v) is 8.70. The van der Waals surface area contributed by atoms with Crippen molar-refractivity contribution in [2.24, 2.45) is 0 Å². The van der Waals surface area contributed by atoms with Crippen molar-refractivity contribution in [3.63, 3.8) is 0 Å². The van der Waals surface area contributed by atoms with E-state index in [0.717, 1.165) is 28.2 Å². The molecule has 2 aromatic carbocycles. The molecule has 0 saturated carbocycles. The van der Waals surface area contributed by atoms with Gasteiger partial charge in [-0.05, 0) is 55.2 Å². The smallest absolute Gasteiger partial charge is 0.256 e. The van der Waals surface area contributed by atoms with Crippen molar-refractivity contribution in [3.05, 3.63) is 76.9 Å². The molecule has 4 rings (SSSR count). The van der Waals surface area contributed by atoms with Crippen LogP contribution < -0.4 is 5.32 Å². The number of nitrogens with zero attached hydrogens (tertiary/aromatic N) is 2. The number of halogens is 1. The zero-order valence-electron chi connectivity index (χ0n) is 14.4. The molecule has 0 unspecified atom stereocenters. The Morgan fingerprint density at radius 1 is 1.12 bits per heavy atom. The van der Waals surface area contributed by atoms with E-state index in [1.165, 1.54) is 6.07 Å². The minimum Gasteiger partial charge on any atom is -0.305 e. The van der Waals surface area contributed by atoms with E-state index in [1.54, 1.807) is 24.3 Å². The molecule has 0 saturated heterocycles. The van der Waals surface area contributed by atoms with Gasteiger partial charge in [0, 0.05) is 11.1 Å². The number of benzene rings is 2. The number of carbonyl (C=O) groups excluding carboxylic acids is 1. The fourth-order valence-electron chi connectivity index (χ4n) is 3.26. The summed E-state index contributed by atoms with van der Waals surface area (Å²) in [4.78, 5) is 21.9. The summed E-state index contributed by atoms with van der Waals surface area (Å²) < 4.78 is 13.5. The van der Waals surface area contributed by atoms with Gasteiger partial charge in [-0.15, -0.1) is 0 Å². The van der Waals surface area contributed by atoms with Crippen molar-refractivity contribution in [2.45, 2.75) is 26.2 Å². The van der Waals surface area contributed by atoms with Gasteiger partial charge in [0.25, 0.3) is 5.91 Å². The zero-order valence-corrected chi connectivity index (χ0v) is 14.4. The second kappa shape index (κ2) is 6.67. The number of nitrogens with one attached hydrogen (secondary N) is 1. The predicted octanol–water partition coefficient (Wildman–Crippen LogP) is 4.20. The third kappa shape index (κ3) is 2.96. The summed E-state index contributed by atoms with van der Waals surface area (Å²) in [5, 5.41) is 2.89. The van der Waals surface area contributed by atoms with E-state index in [-0.39, 0.29) is 11.7 Å². The topological polar surface area (TPSA) is 54.9 Å². The van der Waals surface area contributed by atoms with Crippen molar-refractivity contribution in [2.75, 3.05) is 5.32 Å². The molecule has 0 fully saturated rings. The van der Waals surface area contributed by atoms with Crippen molar-refractivity contribution < 1.29 is 9.18 Å². The molecule has 3 aromatic rings. The SMILES string of the molecule is CCc1nc2c(nc1NC(=O)c1ccccc1)CCc1cc(F)ccc1-2. The number of aromatic nitrogens is 2. The lowest BCUT2D eigenvalue weighted by Gasteiger charge is -2.20. The Hall–Kier alpha value is -3.08. The molecule has 5 heteroatoms. The molecule has 1 aliphatic rings. The molecular formula is C21H18FN3O. The van der Waals surface area contributed by atoms with Gasteiger partial charge in [-0.25, -0.2) is 14.4 Å². The second-order valence-electron chi connectivity index (χ2n) is 6.29. The first-order valence-electron chi connectivity index (χ1n) is 8.70. The quantitative estimate of drug-likeness (QED) is 0.773. The lowest BCUT2D eigenvalue weighted by atomic mass is 9.91. The molecular weight excluding hydrogens is 329 g/mol. The summed E-state index contributed by atoms with van der Waals surface area (Å²) in [5.41, 5.74) is 4.82. The molecule has 1 N–H and O–H groups in total. The third-order valence-corrected chi connectivity index (χ3v) is 4.60. The lowest BCUT2D eigenvalue weighted by Crippen LogP contribution is -2.18. The van der Waals surface area contributed by atoms with Crippen molar-refractivity contribution in [1.82, 2.24) is 9.97 Å². The molecule has 0 atom stereocenters. The summed E-state index contributed by atoms with van der Waals surface area (Å²) in [5.74, 6) is 0.0705. The van der Waals surface area contributed by atoms with Gasteiger partial charge in [0.2, 0.25) is 0 Å². The first kappa shape index (κ1) is 16.4. The number of rotatable bonds is 3. The molecule has 26 heavy (non-hydrogen) atoms. The number of hydrogen-bond donors (Lipinski definition) is 1. The molecule has 0 spiro atoms. The number of carbonyl (C=O) groups is 1. The fourth-order valence-corrected chi connectivity index (χ4v) is 3.26. The van der Waals surface area contributed by atoms with Gasteiger partial charge in [-0.3, -0.25) is 4.79 Å². The maximum atomic E-state index is 13.5.